The van der Waals surface area contributed by atoms with Gasteiger partial charge in [0.15, 0.2) is 24.2 Å². The van der Waals surface area contributed by atoms with Crippen molar-refractivity contribution in [3.63, 3.8) is 0 Å². The van der Waals surface area contributed by atoms with Crippen LogP contribution in [-0.2, 0) is 10.8 Å². The van der Waals surface area contributed by atoms with E-state index in [9.17, 15) is 0 Å². The standard InChI is InChI=1S/C110H90BN3Si3/c1-109(2,3)80-63-71-101-98(73-80)99-74-81(110(4,5)6)64-72-102(99)114(101)84-76-105-108-106(77-84)113(83-41-37-60-95(75-83)116(88-48-25-11-26-49-88,89-50-27-12-28-51-89)90-52-29-13-30-53-90)104-78-96(117(91-54-31-14-32-55-91,92-56-33-15-34-57-92)93-58-35-16-36-59-93)69-70-100(104)111(108)107-97(79-39-17-7-18-40-79)61-38-62-103(107)112(105)82-65-67-94(68-66-82)115(85-42-19-8-20-43-85,86-44-21-9-22-45-86)87-46-23-10-24-47-87/h7-78H,1-6H3. The van der Waals surface area contributed by atoms with Crippen LogP contribution < -0.4 is 88.4 Å². The molecule has 1 aromatic heterocycles. The lowest BCUT2D eigenvalue weighted by Crippen LogP contribution is -2.75. The van der Waals surface area contributed by atoms with Gasteiger partial charge in [0.25, 0.3) is 6.71 Å². The Bertz CT molecular complexity index is 6320. The fraction of sp³-hybridized carbons (Fsp3) is 0.0727. The maximum Gasteiger partial charge on any atom is 0.252 e. The number of fused-ring (bicyclic) bond motifs is 7. The molecule has 3 nitrogen and oxygen atoms in total. The molecule has 18 aromatic rings. The van der Waals surface area contributed by atoms with Crippen molar-refractivity contribution in [3.05, 3.63) is 448 Å². The third-order valence-electron chi connectivity index (χ3n) is 25.3. The van der Waals surface area contributed by atoms with Gasteiger partial charge in [-0.05, 0) is 185 Å². The molecule has 7 heteroatoms. The van der Waals surface area contributed by atoms with Crippen molar-refractivity contribution in [2.45, 2.75) is 52.4 Å². The van der Waals surface area contributed by atoms with Crippen LogP contribution in [0.4, 0.5) is 34.1 Å². The van der Waals surface area contributed by atoms with Crippen LogP contribution in [0.1, 0.15) is 52.7 Å². The van der Waals surface area contributed by atoms with Gasteiger partial charge in [0, 0.05) is 44.9 Å². The van der Waals surface area contributed by atoms with Crippen molar-refractivity contribution < 1.29 is 0 Å². The molecule has 2 aliphatic rings. The summed E-state index contributed by atoms with van der Waals surface area (Å²) >= 11 is 0. The first kappa shape index (κ1) is 72.8. The number of anilines is 6. The molecule has 560 valence electrons. The molecule has 20 rings (SSSR count). The average molecular weight is 1550 g/mol. The predicted octanol–water partition coefficient (Wildman–Crippen LogP) is 17.3. The Morgan fingerprint density at radius 3 is 0.932 bits per heavy atom. The van der Waals surface area contributed by atoms with Gasteiger partial charge in [0.1, 0.15) is 0 Å². The molecule has 0 atom stereocenters. The van der Waals surface area contributed by atoms with E-state index < -0.39 is 24.2 Å². The Morgan fingerprint density at radius 2 is 0.547 bits per heavy atom. The minimum absolute atomic E-state index is 0.103. The van der Waals surface area contributed by atoms with Gasteiger partial charge in [0.2, 0.25) is 0 Å². The lowest BCUT2D eigenvalue weighted by molar-refractivity contribution is 0.590. The number of rotatable bonds is 16. The van der Waals surface area contributed by atoms with Crippen molar-refractivity contribution in [2.75, 3.05) is 9.80 Å². The molecule has 17 aromatic carbocycles. The summed E-state index contributed by atoms with van der Waals surface area (Å²) in [5, 5.41) is 18.3. The highest BCUT2D eigenvalue weighted by Gasteiger charge is 2.50. The van der Waals surface area contributed by atoms with Crippen molar-refractivity contribution in [3.8, 4) is 16.8 Å². The van der Waals surface area contributed by atoms with Crippen LogP contribution in [0.5, 0.6) is 0 Å². The summed E-state index contributed by atoms with van der Waals surface area (Å²) in [7, 11) is -9.41. The van der Waals surface area contributed by atoms with E-state index in [1.807, 2.05) is 0 Å². The van der Waals surface area contributed by atoms with Crippen molar-refractivity contribution >= 4 is 165 Å². The number of hydrogen-bond acceptors (Lipinski definition) is 2. The van der Waals surface area contributed by atoms with Gasteiger partial charge in [0.05, 0.1) is 16.7 Å². The molecule has 0 aliphatic carbocycles. The highest BCUT2D eigenvalue weighted by atomic mass is 28.3. The first-order valence-electron chi connectivity index (χ1n) is 41.2. The summed E-state index contributed by atoms with van der Waals surface area (Å²) in [5.41, 5.74) is 18.6. The van der Waals surface area contributed by atoms with Crippen LogP contribution in [0.3, 0.4) is 0 Å². The summed E-state index contributed by atoms with van der Waals surface area (Å²) in [4.78, 5) is 5.40. The Balaban J connectivity index is 0.950. The summed E-state index contributed by atoms with van der Waals surface area (Å²) in [5.74, 6) is 0. The maximum absolute atomic E-state index is 3.24. The lowest BCUT2D eigenvalue weighted by Gasteiger charge is -2.46. The molecular weight excluding hydrogens is 1460 g/mol. The van der Waals surface area contributed by atoms with Gasteiger partial charge in [-0.3, -0.25) is 0 Å². The minimum atomic E-state index is -3.24. The molecule has 0 amide bonds. The van der Waals surface area contributed by atoms with Gasteiger partial charge in [-0.25, -0.2) is 0 Å². The Labute approximate surface area is 691 Å². The molecular formula is C110H90BN3Si3. The largest absolute Gasteiger partial charge is 0.311 e. The predicted molar refractivity (Wildman–Crippen MR) is 508 cm³/mol. The second-order valence-electron chi connectivity index (χ2n) is 33.8. The molecule has 0 saturated carbocycles. The van der Waals surface area contributed by atoms with E-state index in [1.54, 1.807) is 0 Å². The van der Waals surface area contributed by atoms with Gasteiger partial charge in [-0.1, -0.05) is 406 Å². The highest BCUT2D eigenvalue weighted by Crippen LogP contribution is 2.48. The summed E-state index contributed by atoms with van der Waals surface area (Å²) in [6, 6.07) is 169. The molecule has 0 saturated heterocycles. The smallest absolute Gasteiger partial charge is 0.252 e. The third-order valence-corrected chi connectivity index (χ3v) is 39.7. The average Bonchev–Trinajstić information content (AvgIpc) is 1.33. The number of nitrogens with zero attached hydrogens (tertiary/aromatic N) is 3. The first-order valence-corrected chi connectivity index (χ1v) is 47.2. The molecule has 0 unspecified atom stereocenters. The van der Waals surface area contributed by atoms with Gasteiger partial charge >= 0.3 is 0 Å². The SMILES string of the molecule is CC(C)(C)c1ccc2c(c1)c1cc(C(C)(C)C)ccc1n2-c1cc2c3c(c1)N(c1ccc([Si](c4ccccc4)(c4ccccc4)c4ccccc4)cc1)c1cccc(-c4ccccc4)c1B3c1ccc([Si](c3ccccc3)(c3ccccc3)c3ccccc3)cc1N2c1cccc([Si](c2ccccc2)(c2ccccc2)c2ccccc2)c1. The fourth-order valence-electron chi connectivity index (χ4n) is 20.0. The molecule has 117 heavy (non-hydrogen) atoms. The molecule has 0 spiro atoms. The monoisotopic (exact) mass is 1550 g/mol. The highest BCUT2D eigenvalue weighted by molar-refractivity contribution is 7.21. The van der Waals surface area contributed by atoms with E-state index in [0.717, 1.165) is 50.8 Å². The van der Waals surface area contributed by atoms with Crippen LogP contribution in [0, 0.1) is 0 Å². The Kier molecular flexibility index (Phi) is 18.2. The van der Waals surface area contributed by atoms with Crippen LogP contribution in [0.2, 0.25) is 0 Å². The topological polar surface area (TPSA) is 11.4 Å². The van der Waals surface area contributed by atoms with Crippen molar-refractivity contribution in [1.82, 2.24) is 4.57 Å². The molecule has 0 bridgehead atoms. The third kappa shape index (κ3) is 12.0. The molecule has 0 radical (unpaired) electrons. The second-order valence-corrected chi connectivity index (χ2v) is 45.2. The van der Waals surface area contributed by atoms with E-state index in [0.29, 0.717) is 0 Å². The molecule has 0 fully saturated rings. The Hall–Kier alpha value is -13.1. The van der Waals surface area contributed by atoms with Crippen LogP contribution in [-0.4, -0.2) is 35.5 Å². The fourth-order valence-corrected chi connectivity index (χ4v) is 34.3. The van der Waals surface area contributed by atoms with Gasteiger partial charge < -0.3 is 14.4 Å². The quantitative estimate of drug-likeness (QED) is 0.0706. The lowest BCUT2D eigenvalue weighted by atomic mass is 9.32. The zero-order valence-electron chi connectivity index (χ0n) is 67.0. The van der Waals surface area contributed by atoms with Crippen LogP contribution in [0.15, 0.2) is 437 Å². The molecule has 0 N–H and O–H groups in total. The van der Waals surface area contributed by atoms with Crippen molar-refractivity contribution in [2.24, 2.45) is 0 Å². The van der Waals surface area contributed by atoms with Gasteiger partial charge in [-0.15, -0.1) is 0 Å². The maximum atomic E-state index is 2.74. The van der Waals surface area contributed by atoms with Crippen molar-refractivity contribution in [1.29, 1.82) is 0 Å². The normalized spacial score (nSPS) is 12.8. The second kappa shape index (κ2) is 29.3. The van der Waals surface area contributed by atoms with E-state index in [2.05, 4.69) is 493 Å². The minimum Gasteiger partial charge on any atom is -0.311 e. The summed E-state index contributed by atoms with van der Waals surface area (Å²) in [6.45, 7) is 13.8. The van der Waals surface area contributed by atoms with Crippen LogP contribution >= 0.6 is 0 Å². The Morgan fingerprint density at radius 1 is 0.222 bits per heavy atom. The zero-order chi connectivity index (χ0) is 79.0. The molecule has 3 heterocycles. The zero-order valence-corrected chi connectivity index (χ0v) is 70.0. The van der Waals surface area contributed by atoms with E-state index >= 15 is 0 Å². The summed E-state index contributed by atoms with van der Waals surface area (Å²) in [6.07, 6.45) is 0. The number of benzene rings is 17. The van der Waals surface area contributed by atoms with E-state index in [1.165, 1.54) is 112 Å². The first-order chi connectivity index (χ1) is 57.3. The molecule has 2 aliphatic heterocycles. The summed E-state index contributed by atoms with van der Waals surface area (Å²) < 4.78 is 2.61. The van der Waals surface area contributed by atoms with E-state index in [4.69, 9.17) is 0 Å². The number of aromatic nitrogens is 1. The number of hydrogen-bond donors (Lipinski definition) is 0. The van der Waals surface area contributed by atoms with Crippen LogP contribution in [0.25, 0.3) is 38.6 Å². The van der Waals surface area contributed by atoms with E-state index in [-0.39, 0.29) is 17.5 Å². The van der Waals surface area contributed by atoms with Gasteiger partial charge in [-0.2, -0.15) is 0 Å².